The van der Waals surface area contributed by atoms with Crippen molar-refractivity contribution in [2.45, 2.75) is 45.6 Å². The lowest BCUT2D eigenvalue weighted by molar-refractivity contribution is -0.137. The Bertz CT molecular complexity index is 961. The van der Waals surface area contributed by atoms with Crippen LogP contribution in [0, 0.1) is 12.8 Å². The summed E-state index contributed by atoms with van der Waals surface area (Å²) >= 11 is 0. The Morgan fingerprint density at radius 1 is 1.31 bits per heavy atom. The molecule has 6 heteroatoms. The van der Waals surface area contributed by atoms with E-state index in [1.807, 2.05) is 11.8 Å². The Labute approximate surface area is 154 Å². The van der Waals surface area contributed by atoms with Crippen LogP contribution in [-0.2, 0) is 27.5 Å². The molecule has 5 nitrogen and oxygen atoms in total. The van der Waals surface area contributed by atoms with E-state index in [1.165, 1.54) is 22.2 Å². The minimum Gasteiger partial charge on any atom is -0.358 e. The van der Waals surface area contributed by atoms with Gasteiger partial charge in [0.2, 0.25) is 5.91 Å². The fourth-order valence-electron chi connectivity index (χ4n) is 4.59. The molecule has 1 aromatic heterocycles. The van der Waals surface area contributed by atoms with Crippen molar-refractivity contribution in [1.29, 1.82) is 0 Å². The molecular formula is C20H26N2O3S. The average Bonchev–Trinajstić information content (AvgIpc) is 3.14. The maximum Gasteiger partial charge on any atom is 0.226 e. The first-order valence-corrected chi connectivity index (χ1v) is 11.3. The molecule has 2 atom stereocenters. The zero-order valence-electron chi connectivity index (χ0n) is 15.4. The van der Waals surface area contributed by atoms with Crippen molar-refractivity contribution < 1.29 is 13.2 Å². The second kappa shape index (κ2) is 6.41. The van der Waals surface area contributed by atoms with E-state index < -0.39 is 9.84 Å². The van der Waals surface area contributed by atoms with Gasteiger partial charge >= 0.3 is 0 Å². The van der Waals surface area contributed by atoms with Crippen LogP contribution in [0.25, 0.3) is 10.9 Å². The number of nitrogens with zero attached hydrogens (tertiary/aromatic N) is 1. The van der Waals surface area contributed by atoms with E-state index in [1.54, 1.807) is 0 Å². The summed E-state index contributed by atoms with van der Waals surface area (Å²) in [5.41, 5.74) is 4.88. The molecule has 2 aliphatic rings. The number of carbonyl (C=O) groups excluding carboxylic acids is 1. The van der Waals surface area contributed by atoms with E-state index in [9.17, 15) is 13.2 Å². The molecule has 1 fully saturated rings. The molecule has 1 aliphatic carbocycles. The number of hydrogen-bond donors (Lipinski definition) is 1. The van der Waals surface area contributed by atoms with Crippen LogP contribution < -0.4 is 0 Å². The number of aromatic nitrogens is 1. The number of sulfone groups is 1. The van der Waals surface area contributed by atoms with Crippen LogP contribution in [0.5, 0.6) is 0 Å². The number of H-pyrrole nitrogens is 1. The van der Waals surface area contributed by atoms with Gasteiger partial charge in [-0.2, -0.15) is 0 Å². The molecule has 0 radical (unpaired) electrons. The number of benzene rings is 1. The van der Waals surface area contributed by atoms with Gasteiger partial charge in [0.1, 0.15) is 0 Å². The Morgan fingerprint density at radius 2 is 2.12 bits per heavy atom. The van der Waals surface area contributed by atoms with Gasteiger partial charge in [0.05, 0.1) is 11.5 Å². The van der Waals surface area contributed by atoms with Crippen molar-refractivity contribution in [3.05, 3.63) is 35.0 Å². The molecule has 4 rings (SSSR count). The molecule has 0 saturated carbocycles. The lowest BCUT2D eigenvalue weighted by atomic mass is 9.85. The summed E-state index contributed by atoms with van der Waals surface area (Å²) in [5, 5.41) is 1.23. The summed E-state index contributed by atoms with van der Waals surface area (Å²) in [6, 6.07) is 6.26. The molecule has 0 spiro atoms. The molecule has 2 aromatic rings. The summed E-state index contributed by atoms with van der Waals surface area (Å²) in [4.78, 5) is 18.5. The Kier molecular flexibility index (Phi) is 4.34. The van der Waals surface area contributed by atoms with Crippen LogP contribution in [0.3, 0.4) is 0 Å². The first-order chi connectivity index (χ1) is 12.4. The number of rotatable bonds is 3. The highest BCUT2D eigenvalue weighted by Crippen LogP contribution is 2.33. The minimum atomic E-state index is -2.99. The topological polar surface area (TPSA) is 70.2 Å². The number of fused-ring (bicyclic) bond motifs is 3. The highest BCUT2D eigenvalue weighted by molar-refractivity contribution is 7.91. The summed E-state index contributed by atoms with van der Waals surface area (Å²) < 4.78 is 23.7. The van der Waals surface area contributed by atoms with Gasteiger partial charge in [0.15, 0.2) is 9.84 Å². The van der Waals surface area contributed by atoms with Crippen LogP contribution >= 0.6 is 0 Å². The summed E-state index contributed by atoms with van der Waals surface area (Å²) in [5.74, 6) is 0.405. The van der Waals surface area contributed by atoms with E-state index in [-0.39, 0.29) is 29.4 Å². The number of hydrogen-bond acceptors (Lipinski definition) is 3. The van der Waals surface area contributed by atoms with E-state index in [4.69, 9.17) is 0 Å². The van der Waals surface area contributed by atoms with Gasteiger partial charge in [-0.1, -0.05) is 11.6 Å². The molecule has 140 valence electrons. The second-order valence-electron chi connectivity index (χ2n) is 7.75. The van der Waals surface area contributed by atoms with Crippen molar-refractivity contribution in [1.82, 2.24) is 9.88 Å². The predicted octanol–water partition coefficient (Wildman–Crippen LogP) is 2.62. The molecule has 1 aromatic carbocycles. The third-order valence-corrected chi connectivity index (χ3v) is 7.72. The largest absolute Gasteiger partial charge is 0.358 e. The number of aryl methyl sites for hydroxylation is 2. The highest BCUT2D eigenvalue weighted by atomic mass is 32.2. The van der Waals surface area contributed by atoms with Crippen molar-refractivity contribution >= 4 is 26.6 Å². The Morgan fingerprint density at radius 3 is 2.81 bits per heavy atom. The molecule has 1 aliphatic heterocycles. The molecular weight excluding hydrogens is 348 g/mol. The molecule has 1 amide bonds. The summed E-state index contributed by atoms with van der Waals surface area (Å²) in [7, 11) is -2.99. The lowest BCUT2D eigenvalue weighted by Gasteiger charge is -2.32. The predicted molar refractivity (Wildman–Crippen MR) is 103 cm³/mol. The summed E-state index contributed by atoms with van der Waals surface area (Å²) in [6.07, 6.45) is 3.02. The van der Waals surface area contributed by atoms with Gasteiger partial charge < -0.3 is 9.88 Å². The fraction of sp³-hybridized carbons (Fsp3) is 0.550. The van der Waals surface area contributed by atoms with E-state index in [0.29, 0.717) is 13.0 Å². The van der Waals surface area contributed by atoms with Crippen molar-refractivity contribution in [3.63, 3.8) is 0 Å². The van der Waals surface area contributed by atoms with E-state index in [0.717, 1.165) is 24.8 Å². The van der Waals surface area contributed by atoms with Gasteiger partial charge in [0.25, 0.3) is 0 Å². The van der Waals surface area contributed by atoms with Gasteiger partial charge in [0, 0.05) is 35.1 Å². The molecule has 1 saturated heterocycles. The third kappa shape index (κ3) is 3.04. The van der Waals surface area contributed by atoms with Gasteiger partial charge in [-0.15, -0.1) is 0 Å². The van der Waals surface area contributed by atoms with Crippen LogP contribution in [-0.4, -0.2) is 48.3 Å². The van der Waals surface area contributed by atoms with Gasteiger partial charge in [-0.3, -0.25) is 4.79 Å². The molecule has 2 unspecified atom stereocenters. The first kappa shape index (κ1) is 17.6. The minimum absolute atomic E-state index is 0.0507. The smallest absolute Gasteiger partial charge is 0.226 e. The van der Waals surface area contributed by atoms with Gasteiger partial charge in [-0.05, 0) is 57.2 Å². The maximum atomic E-state index is 13.2. The molecule has 1 N–H and O–H groups in total. The Balaban J connectivity index is 1.58. The van der Waals surface area contributed by atoms with Crippen LogP contribution in [0.2, 0.25) is 0 Å². The van der Waals surface area contributed by atoms with Crippen molar-refractivity contribution in [2.75, 3.05) is 18.1 Å². The van der Waals surface area contributed by atoms with Crippen molar-refractivity contribution in [3.8, 4) is 0 Å². The average molecular weight is 375 g/mol. The first-order valence-electron chi connectivity index (χ1n) is 9.49. The van der Waals surface area contributed by atoms with Crippen LogP contribution in [0.1, 0.15) is 36.6 Å². The van der Waals surface area contributed by atoms with Gasteiger partial charge in [-0.25, -0.2) is 8.42 Å². The number of nitrogens with one attached hydrogen (secondary N) is 1. The number of amides is 1. The van der Waals surface area contributed by atoms with Crippen LogP contribution in [0.15, 0.2) is 18.2 Å². The van der Waals surface area contributed by atoms with E-state index in [2.05, 4.69) is 30.1 Å². The zero-order valence-corrected chi connectivity index (χ0v) is 16.2. The SMILES string of the molecule is CCN(C(=O)C1CCc2[nH]c3ccc(C)cc3c2C1)C1CCS(=O)(=O)C1. The third-order valence-electron chi connectivity index (χ3n) is 5.97. The zero-order chi connectivity index (χ0) is 18.5. The molecule has 0 bridgehead atoms. The molecule has 26 heavy (non-hydrogen) atoms. The normalized spacial score (nSPS) is 24.5. The lowest BCUT2D eigenvalue weighted by Crippen LogP contribution is -2.45. The Hall–Kier alpha value is -1.82. The van der Waals surface area contributed by atoms with E-state index >= 15 is 0 Å². The highest BCUT2D eigenvalue weighted by Gasteiger charge is 2.37. The second-order valence-corrected chi connectivity index (χ2v) is 9.98. The monoisotopic (exact) mass is 374 g/mol. The van der Waals surface area contributed by atoms with Crippen LogP contribution in [0.4, 0.5) is 0 Å². The number of aromatic amines is 1. The maximum absolute atomic E-state index is 13.2. The van der Waals surface area contributed by atoms with Crippen molar-refractivity contribution in [2.24, 2.45) is 5.92 Å². The summed E-state index contributed by atoms with van der Waals surface area (Å²) in [6.45, 7) is 4.62. The molecule has 2 heterocycles. The quantitative estimate of drug-likeness (QED) is 0.898. The standard InChI is InChI=1S/C20H26N2O3S/c1-3-22(15-8-9-26(24,25)12-15)20(23)14-5-7-19-17(11-14)16-10-13(2)4-6-18(16)21-19/h4,6,10,14-15,21H,3,5,7-9,11-12H2,1-2H3. The fourth-order valence-corrected chi connectivity index (χ4v) is 6.32. The number of carbonyl (C=O) groups is 1.